The van der Waals surface area contributed by atoms with Crippen LogP contribution in [-0.2, 0) is 17.0 Å². The van der Waals surface area contributed by atoms with E-state index < -0.39 is 17.2 Å². The Hall–Kier alpha value is -3.41. The van der Waals surface area contributed by atoms with Crippen molar-refractivity contribution >= 4 is 0 Å². The Morgan fingerprint density at radius 1 is 0.615 bits per heavy atom. The van der Waals surface area contributed by atoms with E-state index in [0.29, 0.717) is 12.8 Å². The summed E-state index contributed by atoms with van der Waals surface area (Å²) in [6.45, 7) is 2.33. The second kappa shape index (κ2) is 11.4. The van der Waals surface area contributed by atoms with Gasteiger partial charge in [-0.25, -0.2) is 0 Å². The van der Waals surface area contributed by atoms with E-state index in [1.807, 2.05) is 18.2 Å². The monoisotopic (exact) mass is 529 g/mol. The molecule has 1 fully saturated rings. The van der Waals surface area contributed by atoms with Crippen molar-refractivity contribution in [3.8, 4) is 0 Å². The fraction of sp³-hybridized carbons (Fsp3) is 0.294. The summed E-state index contributed by atoms with van der Waals surface area (Å²) in [5.74, 6) is 0. The van der Waals surface area contributed by atoms with Crippen molar-refractivity contribution in [3.63, 3.8) is 0 Å². The maximum Gasteiger partial charge on any atom is 0.416 e. The summed E-state index contributed by atoms with van der Waals surface area (Å²) in [6.07, 6.45) is -2.10. The third-order valence-electron chi connectivity index (χ3n) is 8.54. The lowest BCUT2D eigenvalue weighted by Gasteiger charge is -2.43. The van der Waals surface area contributed by atoms with E-state index in [-0.39, 0.29) is 12.0 Å². The summed E-state index contributed by atoms with van der Waals surface area (Å²) in [4.78, 5) is 2.43. The lowest BCUT2D eigenvalue weighted by molar-refractivity contribution is -0.137. The summed E-state index contributed by atoms with van der Waals surface area (Å²) < 4.78 is 39.3. The predicted octanol–water partition coefficient (Wildman–Crippen LogP) is 7.46. The molecule has 1 aliphatic rings. The van der Waals surface area contributed by atoms with E-state index in [1.165, 1.54) is 16.7 Å². The van der Waals surface area contributed by atoms with Crippen LogP contribution in [0.2, 0.25) is 0 Å². The molecule has 0 bridgehead atoms. The highest BCUT2D eigenvalue weighted by Gasteiger charge is 2.40. The highest BCUT2D eigenvalue weighted by Crippen LogP contribution is 2.43. The zero-order valence-electron chi connectivity index (χ0n) is 21.9. The molecule has 1 N–H and O–H groups in total. The van der Waals surface area contributed by atoms with Crippen LogP contribution in [0.1, 0.15) is 47.1 Å². The lowest BCUT2D eigenvalue weighted by Crippen LogP contribution is -2.46. The van der Waals surface area contributed by atoms with E-state index in [2.05, 4.69) is 77.7 Å². The number of nitrogens with zero attached hydrogens (tertiary/aromatic N) is 1. The molecule has 1 aliphatic heterocycles. The first kappa shape index (κ1) is 27.2. The zero-order chi connectivity index (χ0) is 27.3. The average Bonchev–Trinajstić information content (AvgIpc) is 2.99. The standard InChI is InChI=1S/C34H34F3NO/c35-34(36,37)31-18-16-27(17-19-31)32(26-39)20-23-38(24-21-32)25-22-33(28-10-4-1-5-11-28,29-12-6-2-7-13-29)30-14-8-3-9-15-30/h1-19,39H,20-26H2. The van der Waals surface area contributed by atoms with Crippen molar-refractivity contribution in [3.05, 3.63) is 143 Å². The Labute approximate surface area is 228 Å². The molecule has 4 aromatic carbocycles. The molecule has 0 aliphatic carbocycles. The van der Waals surface area contributed by atoms with Crippen LogP contribution >= 0.6 is 0 Å². The fourth-order valence-corrected chi connectivity index (χ4v) is 6.18. The first-order chi connectivity index (χ1) is 18.9. The number of rotatable bonds is 8. The van der Waals surface area contributed by atoms with Crippen molar-refractivity contribution in [1.82, 2.24) is 4.90 Å². The molecule has 202 valence electrons. The molecule has 2 nitrogen and oxygen atoms in total. The Bertz CT molecular complexity index is 1220. The molecule has 0 spiro atoms. The minimum absolute atomic E-state index is 0.0752. The van der Waals surface area contributed by atoms with Gasteiger partial charge in [-0.05, 0) is 73.3 Å². The number of halogens is 3. The van der Waals surface area contributed by atoms with Crippen LogP contribution in [0.4, 0.5) is 13.2 Å². The molecule has 1 saturated heterocycles. The van der Waals surface area contributed by atoms with E-state index >= 15 is 0 Å². The minimum Gasteiger partial charge on any atom is -0.395 e. The maximum atomic E-state index is 13.1. The Balaban J connectivity index is 1.39. The quantitative estimate of drug-likeness (QED) is 0.240. The Morgan fingerprint density at radius 3 is 1.44 bits per heavy atom. The summed E-state index contributed by atoms with van der Waals surface area (Å²) in [7, 11) is 0. The predicted molar refractivity (Wildman–Crippen MR) is 150 cm³/mol. The van der Waals surface area contributed by atoms with Crippen molar-refractivity contribution < 1.29 is 18.3 Å². The van der Waals surface area contributed by atoms with Crippen LogP contribution in [0.25, 0.3) is 0 Å². The van der Waals surface area contributed by atoms with Crippen LogP contribution < -0.4 is 0 Å². The van der Waals surface area contributed by atoms with Crippen LogP contribution in [-0.4, -0.2) is 36.2 Å². The largest absolute Gasteiger partial charge is 0.416 e. The van der Waals surface area contributed by atoms with Gasteiger partial charge in [0.25, 0.3) is 0 Å². The number of hydrogen-bond acceptors (Lipinski definition) is 2. The third-order valence-corrected chi connectivity index (χ3v) is 8.54. The molecule has 39 heavy (non-hydrogen) atoms. The van der Waals surface area contributed by atoms with Crippen LogP contribution in [0.5, 0.6) is 0 Å². The normalized spacial score (nSPS) is 16.2. The molecule has 0 aromatic heterocycles. The van der Waals surface area contributed by atoms with Crippen molar-refractivity contribution in [2.45, 2.75) is 36.3 Å². The Morgan fingerprint density at radius 2 is 1.05 bits per heavy atom. The Kier molecular flexibility index (Phi) is 7.92. The molecular weight excluding hydrogens is 495 g/mol. The number of hydrogen-bond donors (Lipinski definition) is 1. The van der Waals surface area contributed by atoms with E-state index in [1.54, 1.807) is 12.1 Å². The van der Waals surface area contributed by atoms with Gasteiger partial charge >= 0.3 is 6.18 Å². The molecule has 1 heterocycles. The second-order valence-electron chi connectivity index (χ2n) is 10.6. The molecule has 0 unspecified atom stereocenters. The maximum absolute atomic E-state index is 13.1. The molecule has 0 amide bonds. The zero-order valence-corrected chi connectivity index (χ0v) is 21.9. The highest BCUT2D eigenvalue weighted by molar-refractivity contribution is 5.50. The van der Waals surface area contributed by atoms with Gasteiger partial charge in [-0.3, -0.25) is 0 Å². The van der Waals surface area contributed by atoms with Crippen molar-refractivity contribution in [2.75, 3.05) is 26.2 Å². The van der Waals surface area contributed by atoms with Gasteiger partial charge in [0.2, 0.25) is 0 Å². The SMILES string of the molecule is OCC1(c2ccc(C(F)(F)F)cc2)CCN(CCC(c2ccccc2)(c2ccccc2)c2ccccc2)CC1. The van der Waals surface area contributed by atoms with Gasteiger partial charge in [0.15, 0.2) is 0 Å². The fourth-order valence-electron chi connectivity index (χ4n) is 6.18. The topological polar surface area (TPSA) is 23.5 Å². The molecule has 0 atom stereocenters. The first-order valence-electron chi connectivity index (χ1n) is 13.5. The molecule has 0 saturated carbocycles. The van der Waals surface area contributed by atoms with Crippen LogP contribution in [0, 0.1) is 0 Å². The van der Waals surface area contributed by atoms with Gasteiger partial charge < -0.3 is 10.0 Å². The first-order valence-corrected chi connectivity index (χ1v) is 13.5. The summed E-state index contributed by atoms with van der Waals surface area (Å²) in [5.41, 5.74) is 3.01. The van der Waals surface area contributed by atoms with Gasteiger partial charge in [0, 0.05) is 10.8 Å². The van der Waals surface area contributed by atoms with Gasteiger partial charge in [-0.1, -0.05) is 103 Å². The summed E-state index contributed by atoms with van der Waals surface area (Å²) >= 11 is 0. The van der Waals surface area contributed by atoms with Gasteiger partial charge in [-0.15, -0.1) is 0 Å². The smallest absolute Gasteiger partial charge is 0.395 e. The minimum atomic E-state index is -4.36. The van der Waals surface area contributed by atoms with Crippen molar-refractivity contribution in [1.29, 1.82) is 0 Å². The van der Waals surface area contributed by atoms with E-state index in [0.717, 1.165) is 43.8 Å². The summed E-state index contributed by atoms with van der Waals surface area (Å²) in [6, 6.07) is 37.3. The molecule has 5 rings (SSSR count). The van der Waals surface area contributed by atoms with Gasteiger partial charge in [-0.2, -0.15) is 13.2 Å². The highest BCUT2D eigenvalue weighted by atomic mass is 19.4. The number of likely N-dealkylation sites (tertiary alicyclic amines) is 1. The van der Waals surface area contributed by atoms with Gasteiger partial charge in [0.1, 0.15) is 0 Å². The number of aliphatic hydroxyl groups excluding tert-OH is 1. The molecular formula is C34H34F3NO. The number of alkyl halides is 3. The van der Waals surface area contributed by atoms with Crippen LogP contribution in [0.3, 0.4) is 0 Å². The van der Waals surface area contributed by atoms with E-state index in [4.69, 9.17) is 0 Å². The lowest BCUT2D eigenvalue weighted by atomic mass is 9.67. The molecule has 5 heteroatoms. The number of aliphatic hydroxyl groups is 1. The van der Waals surface area contributed by atoms with Gasteiger partial charge in [0.05, 0.1) is 12.2 Å². The van der Waals surface area contributed by atoms with Crippen molar-refractivity contribution in [2.24, 2.45) is 0 Å². The average molecular weight is 530 g/mol. The third kappa shape index (κ3) is 5.52. The van der Waals surface area contributed by atoms with E-state index in [9.17, 15) is 18.3 Å². The molecule has 4 aromatic rings. The summed E-state index contributed by atoms with van der Waals surface area (Å²) in [5, 5.41) is 10.4. The van der Waals surface area contributed by atoms with Crippen LogP contribution in [0.15, 0.2) is 115 Å². The number of benzene rings is 4. The molecule has 0 radical (unpaired) electrons. The second-order valence-corrected chi connectivity index (χ2v) is 10.6. The number of piperidine rings is 1.